The monoisotopic (exact) mass is 212 g/mol. The molecular weight excluding hydrogens is 184 g/mol. The van der Waals surface area contributed by atoms with Gasteiger partial charge in [-0.2, -0.15) is 0 Å². The summed E-state index contributed by atoms with van der Waals surface area (Å²) in [5, 5.41) is 0. The van der Waals surface area contributed by atoms with Crippen molar-refractivity contribution in [2.75, 3.05) is 0 Å². The van der Waals surface area contributed by atoms with E-state index in [4.69, 9.17) is 0 Å². The highest BCUT2D eigenvalue weighted by atomic mass is 16.1. The van der Waals surface area contributed by atoms with Crippen molar-refractivity contribution in [2.45, 2.75) is 73.1 Å². The summed E-state index contributed by atoms with van der Waals surface area (Å²) in [6.45, 7) is 10.6. The van der Waals surface area contributed by atoms with Crippen molar-refractivity contribution in [1.82, 2.24) is 0 Å². The maximum Gasteiger partial charge on any atom is 0.132 e. The molecule has 0 aliphatic heterocycles. The highest BCUT2D eigenvalue weighted by Crippen LogP contribution is 2.28. The molecule has 0 saturated heterocycles. The largest absolute Gasteiger partial charge is 0.300 e. The number of rotatable bonds is 7. The van der Waals surface area contributed by atoms with Crippen LogP contribution in [0, 0.1) is 11.3 Å². The number of hydrogen-bond acceptors (Lipinski definition) is 1. The van der Waals surface area contributed by atoms with E-state index in [0.717, 1.165) is 12.8 Å². The zero-order valence-electron chi connectivity index (χ0n) is 11.2. The molecule has 0 radical (unpaired) electrons. The van der Waals surface area contributed by atoms with Crippen LogP contribution in [-0.4, -0.2) is 5.78 Å². The SMILES string of the molecule is CCCCCCC(CC(C)(C)C)C(C)=O. The van der Waals surface area contributed by atoms with Gasteiger partial charge in [0.2, 0.25) is 0 Å². The summed E-state index contributed by atoms with van der Waals surface area (Å²) in [5.41, 5.74) is 0.279. The third kappa shape index (κ3) is 8.65. The van der Waals surface area contributed by atoms with Gasteiger partial charge in [-0.05, 0) is 25.2 Å². The number of hydrogen-bond donors (Lipinski definition) is 0. The van der Waals surface area contributed by atoms with Crippen LogP contribution in [0.5, 0.6) is 0 Å². The summed E-state index contributed by atoms with van der Waals surface area (Å²) in [7, 11) is 0. The summed E-state index contributed by atoms with van der Waals surface area (Å²) in [6, 6.07) is 0. The molecule has 0 N–H and O–H groups in total. The second kappa shape index (κ2) is 7.03. The fourth-order valence-electron chi connectivity index (χ4n) is 2.01. The predicted molar refractivity (Wildman–Crippen MR) is 67.0 cm³/mol. The third-order valence-corrected chi connectivity index (χ3v) is 2.84. The van der Waals surface area contributed by atoms with E-state index < -0.39 is 0 Å². The van der Waals surface area contributed by atoms with Gasteiger partial charge in [0, 0.05) is 5.92 Å². The third-order valence-electron chi connectivity index (χ3n) is 2.84. The average Bonchev–Trinajstić information content (AvgIpc) is 2.08. The van der Waals surface area contributed by atoms with Gasteiger partial charge in [0.1, 0.15) is 5.78 Å². The fraction of sp³-hybridized carbons (Fsp3) is 0.929. The molecule has 0 amide bonds. The molecular formula is C14H28O. The van der Waals surface area contributed by atoms with Crippen LogP contribution in [0.1, 0.15) is 73.1 Å². The van der Waals surface area contributed by atoms with Crippen molar-refractivity contribution in [2.24, 2.45) is 11.3 Å². The molecule has 90 valence electrons. The second-order valence-corrected chi connectivity index (χ2v) is 5.92. The molecule has 1 unspecified atom stereocenters. The van der Waals surface area contributed by atoms with Crippen molar-refractivity contribution >= 4 is 5.78 Å². The van der Waals surface area contributed by atoms with Crippen LogP contribution >= 0.6 is 0 Å². The van der Waals surface area contributed by atoms with E-state index in [-0.39, 0.29) is 5.41 Å². The lowest BCUT2D eigenvalue weighted by atomic mass is 9.81. The minimum absolute atomic E-state index is 0.279. The molecule has 15 heavy (non-hydrogen) atoms. The number of ketones is 1. The Hall–Kier alpha value is -0.330. The van der Waals surface area contributed by atoms with E-state index in [1.54, 1.807) is 6.92 Å². The van der Waals surface area contributed by atoms with Crippen LogP contribution in [-0.2, 0) is 4.79 Å². The Morgan fingerprint density at radius 1 is 1.13 bits per heavy atom. The fourth-order valence-corrected chi connectivity index (χ4v) is 2.01. The maximum atomic E-state index is 11.5. The predicted octanol–water partition coefficient (Wildman–Crippen LogP) is 4.60. The zero-order valence-corrected chi connectivity index (χ0v) is 11.2. The van der Waals surface area contributed by atoms with E-state index >= 15 is 0 Å². The first-order chi connectivity index (χ1) is 6.87. The molecule has 0 aromatic heterocycles. The lowest BCUT2D eigenvalue weighted by Gasteiger charge is -2.24. The van der Waals surface area contributed by atoms with Gasteiger partial charge >= 0.3 is 0 Å². The molecule has 0 fully saturated rings. The Bertz CT molecular complexity index is 176. The molecule has 0 spiro atoms. The van der Waals surface area contributed by atoms with Crippen molar-refractivity contribution < 1.29 is 4.79 Å². The van der Waals surface area contributed by atoms with E-state index in [9.17, 15) is 4.79 Å². The van der Waals surface area contributed by atoms with Crippen LogP contribution in [0.3, 0.4) is 0 Å². The lowest BCUT2D eigenvalue weighted by Crippen LogP contribution is -2.19. The standard InChI is InChI=1S/C14H28O/c1-6-7-8-9-10-13(12(2)15)11-14(3,4)5/h13H,6-11H2,1-5H3. The van der Waals surface area contributed by atoms with Crippen LogP contribution in [0.25, 0.3) is 0 Å². The maximum absolute atomic E-state index is 11.5. The first-order valence-electron chi connectivity index (χ1n) is 6.37. The summed E-state index contributed by atoms with van der Waals surface area (Å²) in [4.78, 5) is 11.5. The molecule has 1 atom stereocenters. The van der Waals surface area contributed by atoms with Crippen LogP contribution < -0.4 is 0 Å². The van der Waals surface area contributed by atoms with Crippen LogP contribution in [0.2, 0.25) is 0 Å². The molecule has 0 aromatic rings. The number of unbranched alkanes of at least 4 members (excludes halogenated alkanes) is 3. The Morgan fingerprint density at radius 3 is 2.13 bits per heavy atom. The molecule has 1 nitrogen and oxygen atoms in total. The Kier molecular flexibility index (Phi) is 6.87. The molecule has 0 bridgehead atoms. The van der Waals surface area contributed by atoms with Crippen molar-refractivity contribution in [1.29, 1.82) is 0 Å². The van der Waals surface area contributed by atoms with E-state index in [0.29, 0.717) is 11.7 Å². The van der Waals surface area contributed by atoms with E-state index in [1.165, 1.54) is 25.7 Å². The molecule has 0 aliphatic rings. The summed E-state index contributed by atoms with van der Waals surface area (Å²) in [6.07, 6.45) is 7.20. The molecule has 0 rings (SSSR count). The van der Waals surface area contributed by atoms with Gasteiger partial charge in [-0.3, -0.25) is 4.79 Å². The molecule has 1 heteroatoms. The summed E-state index contributed by atoms with van der Waals surface area (Å²) >= 11 is 0. The Morgan fingerprint density at radius 2 is 1.73 bits per heavy atom. The number of carbonyl (C=O) groups excluding carboxylic acids is 1. The topological polar surface area (TPSA) is 17.1 Å². The lowest BCUT2D eigenvalue weighted by molar-refractivity contribution is -0.121. The normalized spacial score (nSPS) is 13.9. The first-order valence-corrected chi connectivity index (χ1v) is 6.37. The Labute approximate surface area is 95.6 Å². The average molecular weight is 212 g/mol. The van der Waals surface area contributed by atoms with Crippen LogP contribution in [0.15, 0.2) is 0 Å². The van der Waals surface area contributed by atoms with Gasteiger partial charge in [-0.1, -0.05) is 53.4 Å². The van der Waals surface area contributed by atoms with Crippen LogP contribution in [0.4, 0.5) is 0 Å². The zero-order chi connectivity index (χ0) is 11.9. The highest BCUT2D eigenvalue weighted by molar-refractivity contribution is 5.78. The van der Waals surface area contributed by atoms with Gasteiger partial charge in [-0.25, -0.2) is 0 Å². The van der Waals surface area contributed by atoms with Crippen molar-refractivity contribution in [3.05, 3.63) is 0 Å². The highest BCUT2D eigenvalue weighted by Gasteiger charge is 2.21. The van der Waals surface area contributed by atoms with Gasteiger partial charge in [-0.15, -0.1) is 0 Å². The molecule has 0 heterocycles. The van der Waals surface area contributed by atoms with Gasteiger partial charge in [0.25, 0.3) is 0 Å². The second-order valence-electron chi connectivity index (χ2n) is 5.92. The van der Waals surface area contributed by atoms with E-state index in [2.05, 4.69) is 27.7 Å². The summed E-state index contributed by atoms with van der Waals surface area (Å²) < 4.78 is 0. The number of Topliss-reactive ketones (excluding diaryl/α,β-unsaturated/α-hetero) is 1. The minimum Gasteiger partial charge on any atom is -0.300 e. The quantitative estimate of drug-likeness (QED) is 0.564. The molecule has 0 saturated carbocycles. The summed E-state index contributed by atoms with van der Waals surface area (Å²) in [5.74, 6) is 0.670. The van der Waals surface area contributed by atoms with Gasteiger partial charge < -0.3 is 0 Å². The first kappa shape index (κ1) is 14.7. The van der Waals surface area contributed by atoms with Gasteiger partial charge in [0.15, 0.2) is 0 Å². The Balaban J connectivity index is 3.90. The molecule has 0 aromatic carbocycles. The van der Waals surface area contributed by atoms with Crippen molar-refractivity contribution in [3.63, 3.8) is 0 Å². The van der Waals surface area contributed by atoms with Gasteiger partial charge in [0.05, 0.1) is 0 Å². The van der Waals surface area contributed by atoms with Crippen molar-refractivity contribution in [3.8, 4) is 0 Å². The smallest absolute Gasteiger partial charge is 0.132 e. The molecule has 0 aliphatic carbocycles. The number of carbonyl (C=O) groups is 1. The van der Waals surface area contributed by atoms with E-state index in [1.807, 2.05) is 0 Å². The minimum atomic E-state index is 0.279.